The van der Waals surface area contributed by atoms with Gasteiger partial charge in [-0.1, -0.05) is 48.5 Å². The second-order valence-electron chi connectivity index (χ2n) is 7.12. The van der Waals surface area contributed by atoms with Gasteiger partial charge in [-0.3, -0.25) is 0 Å². The molecule has 1 aliphatic heterocycles. The second kappa shape index (κ2) is 9.12. The van der Waals surface area contributed by atoms with Crippen LogP contribution in [-0.2, 0) is 0 Å². The lowest BCUT2D eigenvalue weighted by atomic mass is 9.80. The van der Waals surface area contributed by atoms with Crippen molar-refractivity contribution in [2.75, 3.05) is 14.2 Å². The fourth-order valence-electron chi connectivity index (χ4n) is 3.88. The van der Waals surface area contributed by atoms with Gasteiger partial charge in [0.1, 0.15) is 29.2 Å². The van der Waals surface area contributed by atoms with Crippen LogP contribution < -0.4 is 14.2 Å². The van der Waals surface area contributed by atoms with Gasteiger partial charge in [0.25, 0.3) is 0 Å². The first-order valence-electron chi connectivity index (χ1n) is 10.00. The third kappa shape index (κ3) is 3.80. The number of fused-ring (bicyclic) bond motifs is 1. The highest BCUT2D eigenvalue weighted by atomic mass is 16.5. The van der Waals surface area contributed by atoms with Crippen LogP contribution >= 0.6 is 0 Å². The molecular formula is C27H20N2O3. The van der Waals surface area contributed by atoms with Gasteiger partial charge in [0.05, 0.1) is 14.2 Å². The molecule has 0 fully saturated rings. The van der Waals surface area contributed by atoms with Gasteiger partial charge in [-0.25, -0.2) is 0 Å². The highest BCUT2D eigenvalue weighted by molar-refractivity contribution is 5.76. The van der Waals surface area contributed by atoms with Crippen LogP contribution in [0.5, 0.6) is 17.2 Å². The maximum absolute atomic E-state index is 9.48. The number of ether oxygens (including phenoxy) is 3. The second-order valence-corrected chi connectivity index (χ2v) is 7.12. The summed E-state index contributed by atoms with van der Waals surface area (Å²) < 4.78 is 17.2. The van der Waals surface area contributed by atoms with Gasteiger partial charge in [0, 0.05) is 22.6 Å². The van der Waals surface area contributed by atoms with E-state index in [1.165, 1.54) is 0 Å². The SMILES string of the molecule is COc1ccc(C2=C(C=C(C#N)C#N)[C@@H](c3ccccc3)c3ccccc3O2)cc1OC. The van der Waals surface area contributed by atoms with E-state index >= 15 is 0 Å². The smallest absolute Gasteiger partial charge is 0.161 e. The van der Waals surface area contributed by atoms with E-state index in [0.29, 0.717) is 17.3 Å². The van der Waals surface area contributed by atoms with Crippen LogP contribution in [0.15, 0.2) is 90.0 Å². The Kier molecular flexibility index (Phi) is 5.92. The molecule has 5 nitrogen and oxygen atoms in total. The van der Waals surface area contributed by atoms with Crippen molar-refractivity contribution in [3.8, 4) is 29.4 Å². The molecule has 0 bridgehead atoms. The molecule has 0 aliphatic carbocycles. The van der Waals surface area contributed by atoms with E-state index in [1.54, 1.807) is 26.4 Å². The van der Waals surface area contributed by atoms with Gasteiger partial charge in [-0.05, 0) is 35.9 Å². The Labute approximate surface area is 187 Å². The Morgan fingerprint density at radius 3 is 2.25 bits per heavy atom. The van der Waals surface area contributed by atoms with Crippen LogP contribution in [0.3, 0.4) is 0 Å². The molecular weight excluding hydrogens is 400 g/mol. The molecule has 0 N–H and O–H groups in total. The third-order valence-corrected chi connectivity index (χ3v) is 5.33. The number of nitriles is 2. The number of para-hydroxylation sites is 1. The minimum atomic E-state index is -0.221. The Hall–Kier alpha value is -4.48. The maximum atomic E-state index is 9.48. The molecule has 0 unspecified atom stereocenters. The van der Waals surface area contributed by atoms with Crippen LogP contribution in [-0.4, -0.2) is 14.2 Å². The highest BCUT2D eigenvalue weighted by Gasteiger charge is 2.31. The Morgan fingerprint density at radius 1 is 0.875 bits per heavy atom. The van der Waals surface area contributed by atoms with Gasteiger partial charge in [0.2, 0.25) is 0 Å². The molecule has 0 spiro atoms. The zero-order chi connectivity index (χ0) is 22.5. The van der Waals surface area contributed by atoms with Gasteiger partial charge in [-0.15, -0.1) is 0 Å². The first-order chi connectivity index (χ1) is 15.7. The standard InChI is InChI=1S/C27H20N2O3/c1-30-24-13-12-20(15-25(24)31-2)27-22(14-18(16-28)17-29)26(19-8-4-3-5-9-19)21-10-6-7-11-23(21)32-27/h3-15,26H,1-2H3/t26-/m0/s1. The summed E-state index contributed by atoms with van der Waals surface area (Å²) >= 11 is 0. The lowest BCUT2D eigenvalue weighted by Crippen LogP contribution is -2.16. The van der Waals surface area contributed by atoms with Gasteiger partial charge >= 0.3 is 0 Å². The van der Waals surface area contributed by atoms with Crippen molar-refractivity contribution in [1.29, 1.82) is 10.5 Å². The Bertz CT molecular complexity index is 1280. The fourth-order valence-corrected chi connectivity index (χ4v) is 3.88. The molecule has 0 saturated carbocycles. The van der Waals surface area contributed by atoms with E-state index in [-0.39, 0.29) is 11.5 Å². The van der Waals surface area contributed by atoms with Crippen LogP contribution in [0.4, 0.5) is 0 Å². The summed E-state index contributed by atoms with van der Waals surface area (Å²) in [4.78, 5) is 0. The average Bonchev–Trinajstić information content (AvgIpc) is 2.86. The minimum absolute atomic E-state index is 0.00175. The number of hydrogen-bond acceptors (Lipinski definition) is 5. The molecule has 1 aliphatic rings. The Balaban J connectivity index is 2.03. The summed E-state index contributed by atoms with van der Waals surface area (Å²) in [6, 6.07) is 27.2. The van der Waals surface area contributed by atoms with Crippen molar-refractivity contribution in [1.82, 2.24) is 0 Å². The summed E-state index contributed by atoms with van der Waals surface area (Å²) in [6.07, 6.45) is 1.61. The lowest BCUT2D eigenvalue weighted by molar-refractivity contribution is 0.354. The normalized spacial score (nSPS) is 14.3. The summed E-state index contributed by atoms with van der Waals surface area (Å²) in [5.74, 6) is 2.21. The quantitative estimate of drug-likeness (QED) is 0.501. The van der Waals surface area contributed by atoms with Gasteiger partial charge < -0.3 is 14.2 Å². The zero-order valence-corrected chi connectivity index (χ0v) is 17.7. The van der Waals surface area contributed by atoms with E-state index in [4.69, 9.17) is 14.2 Å². The van der Waals surface area contributed by atoms with Crippen molar-refractivity contribution >= 4 is 5.76 Å². The third-order valence-electron chi connectivity index (χ3n) is 5.33. The molecule has 0 amide bonds. The van der Waals surface area contributed by atoms with Gasteiger partial charge in [-0.2, -0.15) is 10.5 Å². The summed E-state index contributed by atoms with van der Waals surface area (Å²) in [6.45, 7) is 0. The van der Waals surface area contributed by atoms with E-state index in [0.717, 1.165) is 28.0 Å². The molecule has 0 radical (unpaired) electrons. The number of hydrogen-bond donors (Lipinski definition) is 0. The first kappa shape index (κ1) is 20.8. The minimum Gasteiger partial charge on any atom is -0.493 e. The number of allylic oxidation sites excluding steroid dienone is 3. The van der Waals surface area contributed by atoms with Crippen LogP contribution in [0.25, 0.3) is 5.76 Å². The molecule has 32 heavy (non-hydrogen) atoms. The van der Waals surface area contributed by atoms with E-state index in [2.05, 4.69) is 0 Å². The first-order valence-corrected chi connectivity index (χ1v) is 10.00. The molecule has 4 rings (SSSR count). The molecule has 3 aromatic carbocycles. The zero-order valence-electron chi connectivity index (χ0n) is 17.7. The summed E-state index contributed by atoms with van der Waals surface area (Å²) in [5, 5.41) is 19.0. The topological polar surface area (TPSA) is 75.3 Å². The van der Waals surface area contributed by atoms with Crippen LogP contribution in [0.1, 0.15) is 22.6 Å². The van der Waals surface area contributed by atoms with Crippen molar-refractivity contribution in [3.63, 3.8) is 0 Å². The van der Waals surface area contributed by atoms with E-state index in [9.17, 15) is 10.5 Å². The van der Waals surface area contributed by atoms with Crippen molar-refractivity contribution in [3.05, 3.63) is 107 Å². The predicted octanol–water partition coefficient (Wildman–Crippen LogP) is 5.61. The number of benzene rings is 3. The number of nitrogens with zero attached hydrogens (tertiary/aromatic N) is 2. The largest absolute Gasteiger partial charge is 0.493 e. The molecule has 3 aromatic rings. The number of rotatable bonds is 5. The Morgan fingerprint density at radius 2 is 1.56 bits per heavy atom. The summed E-state index contributed by atoms with van der Waals surface area (Å²) in [5.41, 5.74) is 3.47. The molecule has 1 heterocycles. The highest BCUT2D eigenvalue weighted by Crippen LogP contribution is 2.47. The van der Waals surface area contributed by atoms with Gasteiger partial charge in [0.15, 0.2) is 11.5 Å². The van der Waals surface area contributed by atoms with Crippen molar-refractivity contribution < 1.29 is 14.2 Å². The lowest BCUT2D eigenvalue weighted by Gasteiger charge is -2.30. The number of methoxy groups -OCH3 is 2. The van der Waals surface area contributed by atoms with Crippen LogP contribution in [0.2, 0.25) is 0 Å². The fraction of sp³-hybridized carbons (Fsp3) is 0.111. The van der Waals surface area contributed by atoms with Crippen LogP contribution in [0, 0.1) is 22.7 Å². The molecule has 156 valence electrons. The van der Waals surface area contributed by atoms with Crippen molar-refractivity contribution in [2.24, 2.45) is 0 Å². The summed E-state index contributed by atoms with van der Waals surface area (Å²) in [7, 11) is 3.15. The molecule has 0 aromatic heterocycles. The monoisotopic (exact) mass is 420 g/mol. The molecule has 0 saturated heterocycles. The van der Waals surface area contributed by atoms with Crippen molar-refractivity contribution in [2.45, 2.75) is 5.92 Å². The predicted molar refractivity (Wildman–Crippen MR) is 121 cm³/mol. The average molecular weight is 420 g/mol. The van der Waals surface area contributed by atoms with E-state index in [1.807, 2.05) is 78.9 Å². The maximum Gasteiger partial charge on any atom is 0.161 e. The van der Waals surface area contributed by atoms with E-state index < -0.39 is 0 Å². The molecule has 1 atom stereocenters. The molecule has 5 heteroatoms.